The molecule has 8 amide bonds. The highest BCUT2D eigenvalue weighted by molar-refractivity contribution is 5.99. The van der Waals surface area contributed by atoms with Gasteiger partial charge in [0.25, 0.3) is 0 Å². The predicted molar refractivity (Wildman–Crippen MR) is 270 cm³/mol. The Morgan fingerprint density at radius 2 is 1.23 bits per heavy atom. The molecule has 26 nitrogen and oxygen atoms in total. The lowest BCUT2D eigenvalue weighted by Crippen LogP contribution is -2.65. The molecular formula is C48H75N15O11. The first-order valence-corrected chi connectivity index (χ1v) is 25.5. The van der Waals surface area contributed by atoms with Crippen LogP contribution in [0.15, 0.2) is 40.3 Å². The van der Waals surface area contributed by atoms with Crippen LogP contribution < -0.4 is 55.3 Å². The zero-order valence-electron chi connectivity index (χ0n) is 41.9. The molecule has 3 aliphatic heterocycles. The van der Waals surface area contributed by atoms with Crippen LogP contribution in [0.25, 0.3) is 0 Å². The second kappa shape index (κ2) is 27.8. The van der Waals surface area contributed by atoms with E-state index < -0.39 is 108 Å². The number of carbonyl (C=O) groups excluding carboxylic acids is 8. The van der Waals surface area contributed by atoms with Crippen molar-refractivity contribution in [3.63, 3.8) is 0 Å². The molecule has 4 fully saturated rings. The van der Waals surface area contributed by atoms with Gasteiger partial charge in [-0.2, -0.15) is 0 Å². The van der Waals surface area contributed by atoms with Gasteiger partial charge in [0.2, 0.25) is 47.3 Å². The maximum Gasteiger partial charge on any atom is 0.326 e. The lowest BCUT2D eigenvalue weighted by atomic mass is 9.80. The summed E-state index contributed by atoms with van der Waals surface area (Å²) in [5, 5.41) is 33.6. The average Bonchev–Trinajstić information content (AvgIpc) is 4.19. The zero-order valence-corrected chi connectivity index (χ0v) is 41.9. The van der Waals surface area contributed by atoms with Crippen molar-refractivity contribution in [2.75, 3.05) is 45.9 Å². The SMILES string of the molecule is NC(N)=NCCC[C@H](NC(=O)C1(NC(=O)[C@@H]2CCCN2C(=O)[C@H](CO)NC(=O)[C@H](Cc2ccccc2)NC(=O)CNC(=O)[C@@H]2CCCN2C(=O)[C@@H]2CCCN2C(=O)[C@@H](N)CCCN=C(N)N)CCCCC1)C(=O)O. The minimum Gasteiger partial charge on any atom is -0.480 e. The van der Waals surface area contributed by atoms with E-state index in [4.69, 9.17) is 28.7 Å². The van der Waals surface area contributed by atoms with Crippen LogP contribution in [0, 0.1) is 0 Å². The van der Waals surface area contributed by atoms with E-state index in [0.29, 0.717) is 76.4 Å². The van der Waals surface area contributed by atoms with Gasteiger partial charge < -0.3 is 80.2 Å². The van der Waals surface area contributed by atoms with E-state index in [1.54, 1.807) is 30.3 Å². The molecule has 4 aliphatic rings. The molecule has 0 spiro atoms. The fourth-order valence-electron chi connectivity index (χ4n) is 10.1. The maximum absolute atomic E-state index is 14.1. The van der Waals surface area contributed by atoms with Crippen molar-refractivity contribution >= 4 is 65.1 Å². The van der Waals surface area contributed by atoms with Crippen molar-refractivity contribution in [1.29, 1.82) is 0 Å². The van der Waals surface area contributed by atoms with Gasteiger partial charge in [-0.25, -0.2) is 4.79 Å². The van der Waals surface area contributed by atoms with Crippen molar-refractivity contribution in [1.82, 2.24) is 41.3 Å². The summed E-state index contributed by atoms with van der Waals surface area (Å²) in [6, 6.07) is 0.793. The molecule has 26 heteroatoms. The van der Waals surface area contributed by atoms with Gasteiger partial charge in [0.05, 0.1) is 19.2 Å². The number of carbonyl (C=O) groups is 9. The van der Waals surface area contributed by atoms with E-state index in [1.807, 2.05) is 0 Å². The number of aliphatic hydroxyl groups is 1. The highest BCUT2D eigenvalue weighted by Gasteiger charge is 2.47. The molecule has 74 heavy (non-hydrogen) atoms. The van der Waals surface area contributed by atoms with Gasteiger partial charge in [-0.15, -0.1) is 0 Å². The number of rotatable bonds is 25. The van der Waals surface area contributed by atoms with Gasteiger partial charge in [-0.3, -0.25) is 48.3 Å². The third kappa shape index (κ3) is 16.0. The lowest BCUT2D eigenvalue weighted by Gasteiger charge is -2.39. The summed E-state index contributed by atoms with van der Waals surface area (Å²) < 4.78 is 0. The number of guanidine groups is 2. The average molecular weight is 1040 g/mol. The molecule has 3 heterocycles. The Kier molecular flexibility index (Phi) is 21.7. The molecule has 5 rings (SSSR count). The molecule has 7 atom stereocenters. The van der Waals surface area contributed by atoms with E-state index in [-0.39, 0.29) is 76.0 Å². The van der Waals surface area contributed by atoms with Crippen LogP contribution in [0.2, 0.25) is 0 Å². The first-order valence-electron chi connectivity index (χ1n) is 25.5. The molecule has 1 aliphatic carbocycles. The van der Waals surface area contributed by atoms with E-state index in [9.17, 15) is 53.4 Å². The molecule has 3 saturated heterocycles. The normalized spacial score (nSPS) is 20.7. The highest BCUT2D eigenvalue weighted by atomic mass is 16.4. The van der Waals surface area contributed by atoms with Crippen molar-refractivity contribution in [2.24, 2.45) is 38.7 Å². The van der Waals surface area contributed by atoms with Crippen LogP contribution in [0.5, 0.6) is 0 Å². The smallest absolute Gasteiger partial charge is 0.326 e. The van der Waals surface area contributed by atoms with Gasteiger partial charge in [0.1, 0.15) is 41.8 Å². The molecule has 17 N–H and O–H groups in total. The van der Waals surface area contributed by atoms with Crippen LogP contribution in [-0.4, -0.2) is 184 Å². The summed E-state index contributed by atoms with van der Waals surface area (Å²) in [5.74, 6) is -6.60. The van der Waals surface area contributed by atoms with Crippen LogP contribution in [-0.2, 0) is 49.6 Å². The number of aliphatic imine (C=N–C) groups is 2. The number of benzene rings is 1. The van der Waals surface area contributed by atoms with Gasteiger partial charge >= 0.3 is 5.97 Å². The van der Waals surface area contributed by atoms with Crippen LogP contribution in [0.1, 0.15) is 102 Å². The summed E-state index contributed by atoms with van der Waals surface area (Å²) in [7, 11) is 0. The maximum atomic E-state index is 14.1. The number of carboxylic acids is 1. The first kappa shape index (κ1) is 57.8. The zero-order chi connectivity index (χ0) is 54.0. The summed E-state index contributed by atoms with van der Waals surface area (Å²) >= 11 is 0. The number of aliphatic hydroxyl groups excluding tert-OH is 1. The minimum atomic E-state index is -1.56. The third-order valence-electron chi connectivity index (χ3n) is 14.0. The topological polar surface area (TPSA) is 419 Å². The molecule has 0 bridgehead atoms. The summed E-state index contributed by atoms with van der Waals surface area (Å²) in [6.07, 6.45) is 5.72. The van der Waals surface area contributed by atoms with E-state index in [1.165, 1.54) is 14.7 Å². The second-order valence-corrected chi connectivity index (χ2v) is 19.3. The van der Waals surface area contributed by atoms with Crippen molar-refractivity contribution < 1.29 is 53.4 Å². The summed E-state index contributed by atoms with van der Waals surface area (Å²) in [6.45, 7) is -0.340. The van der Waals surface area contributed by atoms with Crippen LogP contribution in [0.3, 0.4) is 0 Å². The van der Waals surface area contributed by atoms with Crippen molar-refractivity contribution in [2.45, 2.75) is 151 Å². The van der Waals surface area contributed by atoms with E-state index >= 15 is 0 Å². The largest absolute Gasteiger partial charge is 0.480 e. The first-order chi connectivity index (χ1) is 35.3. The molecule has 1 saturated carbocycles. The Hall–Kier alpha value is -7.09. The molecule has 408 valence electrons. The minimum absolute atomic E-state index is 0.0188. The number of nitrogens with two attached hydrogens (primary N) is 5. The quantitative estimate of drug-likeness (QED) is 0.0253. The Morgan fingerprint density at radius 1 is 0.662 bits per heavy atom. The fraction of sp³-hybridized carbons (Fsp3) is 0.646. The summed E-state index contributed by atoms with van der Waals surface area (Å²) in [4.78, 5) is 135. The number of likely N-dealkylation sites (tertiary alicyclic amines) is 3. The van der Waals surface area contributed by atoms with Gasteiger partial charge in [0, 0.05) is 39.1 Å². The summed E-state index contributed by atoms with van der Waals surface area (Å²) in [5.41, 5.74) is 26.9. The Labute approximate surface area is 429 Å². The lowest BCUT2D eigenvalue weighted by molar-refractivity contribution is -0.147. The predicted octanol–water partition coefficient (Wildman–Crippen LogP) is -3.90. The molecule has 0 unspecified atom stereocenters. The van der Waals surface area contributed by atoms with Crippen molar-refractivity contribution in [3.8, 4) is 0 Å². The monoisotopic (exact) mass is 1040 g/mol. The highest BCUT2D eigenvalue weighted by Crippen LogP contribution is 2.31. The van der Waals surface area contributed by atoms with E-state index in [0.717, 1.165) is 6.42 Å². The number of carboxylic acid groups (broad SMARTS) is 1. The number of nitrogens with one attached hydrogen (secondary N) is 5. The number of amides is 8. The van der Waals surface area contributed by atoms with Gasteiger partial charge in [-0.05, 0) is 82.6 Å². The fourth-order valence-corrected chi connectivity index (χ4v) is 10.1. The molecule has 0 radical (unpaired) electrons. The molecular weight excluding hydrogens is 963 g/mol. The van der Waals surface area contributed by atoms with E-state index in [2.05, 4.69) is 36.6 Å². The third-order valence-corrected chi connectivity index (χ3v) is 14.0. The van der Waals surface area contributed by atoms with Gasteiger partial charge in [-0.1, -0.05) is 49.6 Å². The molecule has 1 aromatic carbocycles. The van der Waals surface area contributed by atoms with Crippen LogP contribution in [0.4, 0.5) is 0 Å². The Morgan fingerprint density at radius 3 is 1.82 bits per heavy atom. The number of aliphatic carboxylic acids is 1. The molecule has 0 aromatic heterocycles. The Balaban J connectivity index is 1.20. The number of hydrogen-bond acceptors (Lipinski definition) is 13. The van der Waals surface area contributed by atoms with Crippen LogP contribution >= 0.6 is 0 Å². The van der Waals surface area contributed by atoms with Gasteiger partial charge in [0.15, 0.2) is 11.9 Å². The number of hydrogen-bond donors (Lipinski definition) is 12. The second-order valence-electron chi connectivity index (χ2n) is 19.3. The standard InChI is InChI=1S/C48H75N15O11/c49-30(14-7-21-54-46(50)51)41(69)63-25-11-18-36(63)43(71)62-24-9-16-34(62)39(67)56-27-37(65)57-32(26-29-12-3-1-4-13-29)38(66)58-33(28-64)42(70)61-23-10-17-35(61)40(68)60-48(19-5-2-6-20-48)45(74)59-31(44(72)73)15-8-22-55-47(52)53/h1,3-4,12-13,30-36,64H,2,5-11,14-28,49H2,(H,56,67)(H,57,65)(H,58,66)(H,59,74)(H,60,68)(H,72,73)(H4,50,51,54)(H4,52,53,55)/t30-,31-,32-,33-,34-,35-,36-/m0/s1. The Bertz CT molecular complexity index is 2220. The molecule has 1 aromatic rings. The number of nitrogens with zero attached hydrogens (tertiary/aromatic N) is 5. The van der Waals surface area contributed by atoms with Crippen molar-refractivity contribution in [3.05, 3.63) is 35.9 Å².